The maximum Gasteiger partial charge on any atom is 0.380 e. The van der Waals surface area contributed by atoms with E-state index in [9.17, 15) is 97.9 Å². The van der Waals surface area contributed by atoms with Crippen LogP contribution < -0.4 is 16.0 Å². The van der Waals surface area contributed by atoms with Gasteiger partial charge < -0.3 is 100 Å². The molecule has 3 saturated heterocycles. The van der Waals surface area contributed by atoms with E-state index in [0.717, 1.165) is 76.4 Å². The molecule has 18 atom stereocenters. The van der Waals surface area contributed by atoms with E-state index in [-0.39, 0.29) is 57.8 Å². The number of halogens is 5. The van der Waals surface area contributed by atoms with Crippen LogP contribution in [0.15, 0.2) is 91.4 Å². The highest BCUT2D eigenvalue weighted by atomic mass is 35.5. The van der Waals surface area contributed by atoms with Crippen LogP contribution in [0.5, 0.6) is 0 Å². The predicted octanol–water partition coefficient (Wildman–Crippen LogP) is 2.60. The molecule has 3 aromatic carbocycles. The Morgan fingerprint density at radius 3 is 1.13 bits per heavy atom. The molecule has 6 aromatic heterocycles. The molecular formula is C64H75Cl3F2N15O26P3S3. The van der Waals surface area contributed by atoms with E-state index in [1.54, 1.807) is 0 Å². The molecule has 0 radical (unpaired) electrons. The number of aromatic nitrogens is 12. The Balaban J connectivity index is 0.000000151. The van der Waals surface area contributed by atoms with Crippen LogP contribution in [0, 0.1) is 0 Å². The van der Waals surface area contributed by atoms with Crippen LogP contribution in [0.25, 0.3) is 33.1 Å². The molecular weight excluding hydrogens is 1730 g/mol. The smallest absolute Gasteiger partial charge is 0.380 e. The van der Waals surface area contributed by atoms with Gasteiger partial charge >= 0.3 is 32.3 Å². The minimum Gasteiger partial charge on any atom is -0.391 e. The van der Waals surface area contributed by atoms with Crippen molar-refractivity contribution in [2.24, 2.45) is 0 Å². The van der Waals surface area contributed by atoms with Gasteiger partial charge in [0.15, 0.2) is 60.3 Å². The van der Waals surface area contributed by atoms with Gasteiger partial charge in [0.2, 0.25) is 25.7 Å². The Bertz CT molecular complexity index is 5750. The summed E-state index contributed by atoms with van der Waals surface area (Å²) in [4.78, 5) is 78.9. The molecule has 116 heavy (non-hydrogen) atoms. The van der Waals surface area contributed by atoms with Crippen molar-refractivity contribution in [3.05, 3.63) is 141 Å². The van der Waals surface area contributed by atoms with Crippen molar-refractivity contribution in [1.82, 2.24) is 59.2 Å². The Morgan fingerprint density at radius 1 is 0.509 bits per heavy atom. The summed E-state index contributed by atoms with van der Waals surface area (Å²) < 4.78 is 156. The third kappa shape index (κ3) is 16.7. The Morgan fingerprint density at radius 2 is 0.828 bits per heavy atom. The summed E-state index contributed by atoms with van der Waals surface area (Å²) in [6.07, 6.45) is -10.9. The van der Waals surface area contributed by atoms with Crippen LogP contribution >= 0.6 is 57.6 Å². The van der Waals surface area contributed by atoms with Crippen LogP contribution in [0.3, 0.4) is 0 Å². The molecule has 0 saturated carbocycles. The first-order valence-electron chi connectivity index (χ1n) is 35.0. The molecule has 0 amide bonds. The zero-order valence-electron chi connectivity index (χ0n) is 60.1. The van der Waals surface area contributed by atoms with Gasteiger partial charge in [0.05, 0.1) is 76.7 Å². The average molecular weight is 1800 g/mol. The first-order chi connectivity index (χ1) is 54.4. The SMILES string of the molecule is CC(F)(P(=O)(O)O)S(=O)(=O)C[C@H]1O[C@@H](n2ncc3c(NC4CCc5ccccc54)nc(Cl)nc32)[C@H](O)[C@@H]1O.COCC(P(=O)(O)O)S(=O)(=O)C[C@H]1O[C@@H](n2ncc3c(NC4CCc5ccccc54)nc(Cl)nc32)[C@H](O)[C@@H]1O.O=P(O)(O)C(F)(CO)S(=O)(=O)C[C@H]1O[C@@H](n2ncc3c(NC4CCc5ccccc54)nc(Cl)nc32)[C@H](O)[C@@H]1O. The molecule has 52 heteroatoms. The van der Waals surface area contributed by atoms with E-state index >= 15 is 0 Å². The van der Waals surface area contributed by atoms with Gasteiger partial charge in [-0.25, -0.2) is 48.1 Å². The van der Waals surface area contributed by atoms with Gasteiger partial charge in [-0.15, -0.1) is 0 Å². The van der Waals surface area contributed by atoms with Gasteiger partial charge in [0.1, 0.15) is 79.0 Å². The summed E-state index contributed by atoms with van der Waals surface area (Å²) in [5, 5.41) is 96.0. The van der Waals surface area contributed by atoms with E-state index in [1.807, 2.05) is 66.7 Å². The van der Waals surface area contributed by atoms with Crippen molar-refractivity contribution in [2.45, 2.75) is 152 Å². The van der Waals surface area contributed by atoms with Crippen molar-refractivity contribution in [2.75, 3.05) is 53.5 Å². The number of fused-ring (bicyclic) bond motifs is 6. The normalized spacial score (nSPS) is 26.8. The van der Waals surface area contributed by atoms with E-state index < -0.39 is 171 Å². The van der Waals surface area contributed by atoms with Gasteiger partial charge in [-0.3, -0.25) is 13.7 Å². The van der Waals surface area contributed by atoms with Crippen LogP contribution in [-0.4, -0.2) is 257 Å². The quantitative estimate of drug-likeness (QED) is 0.0305. The average Bonchev–Trinajstić information content (AvgIpc) is 1.57. The van der Waals surface area contributed by atoms with Gasteiger partial charge in [-0.05, 0) is 114 Å². The van der Waals surface area contributed by atoms with E-state index in [4.69, 9.17) is 63.9 Å². The summed E-state index contributed by atoms with van der Waals surface area (Å²) in [6.45, 7) is -2.56. The van der Waals surface area contributed by atoms with Crippen molar-refractivity contribution in [1.29, 1.82) is 0 Å². The molecule has 3 aliphatic carbocycles. The maximum atomic E-state index is 14.8. The lowest BCUT2D eigenvalue weighted by atomic mass is 10.1. The molecule has 16 N–H and O–H groups in total. The van der Waals surface area contributed by atoms with E-state index in [0.29, 0.717) is 33.6 Å². The van der Waals surface area contributed by atoms with Crippen molar-refractivity contribution < 1.29 is 132 Å². The number of aliphatic hydroxyl groups is 7. The van der Waals surface area contributed by atoms with Crippen LogP contribution in [0.1, 0.15) is 96.4 Å². The fourth-order valence-corrected chi connectivity index (χ4v) is 24.3. The second-order valence-corrected chi connectivity index (χ2v) is 42.4. The molecule has 3 fully saturated rings. The Hall–Kier alpha value is -6.70. The third-order valence-corrected chi connectivity index (χ3v) is 34.7. The Labute approximate surface area is 670 Å². The molecule has 9 aromatic rings. The molecule has 630 valence electrons. The number of methoxy groups -OCH3 is 1. The monoisotopic (exact) mass is 1800 g/mol. The highest BCUT2D eigenvalue weighted by Crippen LogP contribution is 2.57. The van der Waals surface area contributed by atoms with E-state index in [2.05, 4.69) is 72.0 Å². The predicted molar refractivity (Wildman–Crippen MR) is 406 cm³/mol. The third-order valence-electron chi connectivity index (χ3n) is 20.8. The highest BCUT2D eigenvalue weighted by Gasteiger charge is 2.62. The number of nitrogens with one attached hydrogen (secondary N) is 3. The minimum absolute atomic E-state index is 0.0301. The lowest BCUT2D eigenvalue weighted by Crippen LogP contribution is -2.44. The number of hydrogen-bond donors (Lipinski definition) is 16. The topological polar surface area (TPSA) is 620 Å². The fraction of sp³-hybridized carbons (Fsp3) is 0.484. The summed E-state index contributed by atoms with van der Waals surface area (Å²) >= 11 is 18.5. The number of hydrogen-bond acceptors (Lipinski definition) is 32. The molecule has 3 aliphatic heterocycles. The highest BCUT2D eigenvalue weighted by molar-refractivity contribution is 8.00. The largest absolute Gasteiger partial charge is 0.391 e. The molecule has 6 aliphatic rings. The zero-order chi connectivity index (χ0) is 84.1. The molecule has 6 unspecified atom stereocenters. The van der Waals surface area contributed by atoms with Gasteiger partial charge in [0.25, 0.3) is 0 Å². The zero-order valence-corrected chi connectivity index (χ0v) is 67.5. The summed E-state index contributed by atoms with van der Waals surface area (Å²) in [5.74, 6) is -2.68. The molecule has 0 bridgehead atoms. The Kier molecular flexibility index (Phi) is 24.8. The standard InChI is InChI=1S/C22H27ClN5O9PS.C21H24ClFN5O9PS.C21H24ClFN5O8PS/c1-36-9-16(38(31,32)33)39(34,35)10-15-17(29)18(30)21(37-15)28-20-13(8-24-28)19(26-22(23)27-20)25-14-7-6-11-4-2-3-5-12(11)14;22-20-26-17(25-13-6-5-10-3-1-2-4-11(10)13)12-7-24-28(18(12)27-20)19-16(31)15(30)14(37-19)8-39(35,36)21(23,9-29)38(32,33)34;1-21(23,37(31,32)33)38(34,35)9-14-15(29)16(30)19(36-14)28-18-12(8-24-28)17(26-20(22)27-18)25-13-7-6-10-4-2-3-5-11(10)13/h2-5,8,14-18,21,29-30H,6-7,9-10H2,1H3,(H,25,26,27)(H2,31,32,33);1-4,7,13-16,19,29-31H,5-6,8-9H2,(H,25,26,27)(H2,32,33,34);2-5,8,13-16,19,29-30H,6-7,9H2,1H3,(H,25,26,27)(H2,31,32,33)/t14?,15-,16?,17-,18-,21-;2*13?,14-,15-,16-,19-,21?/m111/s1. The van der Waals surface area contributed by atoms with Gasteiger partial charge in [-0.2, -0.15) is 45.2 Å². The number of aliphatic hydroxyl groups excluding tert-OH is 7. The number of aryl methyl sites for hydroxylation is 3. The van der Waals surface area contributed by atoms with Crippen LogP contribution in [0.4, 0.5) is 26.2 Å². The van der Waals surface area contributed by atoms with Gasteiger partial charge in [0, 0.05) is 7.11 Å². The van der Waals surface area contributed by atoms with Crippen molar-refractivity contribution in [3.63, 3.8) is 0 Å². The first kappa shape index (κ1) is 87.1. The number of ether oxygens (including phenoxy) is 4. The summed E-state index contributed by atoms with van der Waals surface area (Å²) in [6, 6.07) is 23.7. The molecule has 9 heterocycles. The fourth-order valence-electron chi connectivity index (χ4n) is 14.6. The van der Waals surface area contributed by atoms with E-state index in [1.165, 1.54) is 35.3 Å². The molecule has 0 spiro atoms. The van der Waals surface area contributed by atoms with Crippen LogP contribution in [-0.2, 0) is 81.4 Å². The number of benzene rings is 3. The lowest BCUT2D eigenvalue weighted by molar-refractivity contribution is -0.0366. The second-order valence-electron chi connectivity index (χ2n) is 28.1. The van der Waals surface area contributed by atoms with Gasteiger partial charge in [-0.1, -0.05) is 72.8 Å². The second kappa shape index (κ2) is 33.0. The summed E-state index contributed by atoms with van der Waals surface area (Å²) in [5.41, 5.74) is 7.29. The first-order valence-corrected chi connectivity index (χ1v) is 46.1. The number of nitrogens with zero attached hydrogens (tertiary/aromatic N) is 12. The maximum absolute atomic E-state index is 14.8. The number of sulfone groups is 3. The van der Waals surface area contributed by atoms with Crippen molar-refractivity contribution in [3.8, 4) is 0 Å². The number of alkyl halides is 2. The number of rotatable bonds is 24. The lowest BCUT2D eigenvalue weighted by Gasteiger charge is -2.25. The molecule has 15 rings (SSSR count). The van der Waals surface area contributed by atoms with Crippen LogP contribution in [0.2, 0.25) is 15.9 Å². The molecule has 41 nitrogen and oxygen atoms in total. The number of anilines is 3. The minimum atomic E-state index is -6.00. The van der Waals surface area contributed by atoms with Crippen molar-refractivity contribution >= 4 is 138 Å². The summed E-state index contributed by atoms with van der Waals surface area (Å²) in [7, 11) is -30.9.